The summed E-state index contributed by atoms with van der Waals surface area (Å²) in [6.45, 7) is 4.61. The molecule has 3 saturated heterocycles. The van der Waals surface area contributed by atoms with Gasteiger partial charge >= 0.3 is 6.03 Å². The van der Waals surface area contributed by atoms with Gasteiger partial charge in [0.15, 0.2) is 0 Å². The monoisotopic (exact) mass is 590 g/mol. The molecule has 4 aliphatic rings. The van der Waals surface area contributed by atoms with Gasteiger partial charge in [0.05, 0.1) is 16.3 Å². The van der Waals surface area contributed by atoms with Crippen LogP contribution in [-0.4, -0.2) is 73.4 Å². The number of carbonyl (C=O) groups is 3. The van der Waals surface area contributed by atoms with E-state index in [4.69, 9.17) is 4.74 Å². The van der Waals surface area contributed by atoms with E-state index in [1.807, 2.05) is 72.3 Å². The second-order valence-electron chi connectivity index (χ2n) is 11.3. The van der Waals surface area contributed by atoms with Gasteiger partial charge in [-0.1, -0.05) is 30.0 Å². The predicted molar refractivity (Wildman–Crippen MR) is 163 cm³/mol. The summed E-state index contributed by atoms with van der Waals surface area (Å²) < 4.78 is 6.01. The molecule has 42 heavy (non-hydrogen) atoms. The number of ether oxygens (including phenoxy) is 1. The highest BCUT2D eigenvalue weighted by atomic mass is 32.2. The summed E-state index contributed by atoms with van der Waals surface area (Å²) in [5.74, 6) is 1.36. The van der Waals surface area contributed by atoms with Gasteiger partial charge in [0, 0.05) is 49.4 Å². The van der Waals surface area contributed by atoms with Gasteiger partial charge in [-0.15, -0.1) is 0 Å². The van der Waals surface area contributed by atoms with Crippen LogP contribution in [-0.2, 0) is 9.59 Å². The fourth-order valence-corrected chi connectivity index (χ4v) is 7.85. The number of rotatable bonds is 8. The van der Waals surface area contributed by atoms with E-state index in [2.05, 4.69) is 21.3 Å². The van der Waals surface area contributed by atoms with Crippen molar-refractivity contribution in [2.24, 2.45) is 5.92 Å². The van der Waals surface area contributed by atoms with Gasteiger partial charge in [-0.25, -0.2) is 4.79 Å². The smallest absolute Gasteiger partial charge is 0.326 e. The summed E-state index contributed by atoms with van der Waals surface area (Å²) >= 11 is 1.50. The maximum atomic E-state index is 13.7. The molecule has 4 aliphatic heterocycles. The predicted octanol–water partition coefficient (Wildman–Crippen LogP) is 3.30. The summed E-state index contributed by atoms with van der Waals surface area (Å²) in [5.41, 5.74) is 2.49. The van der Waals surface area contributed by atoms with Crippen LogP contribution in [0.25, 0.3) is 0 Å². The summed E-state index contributed by atoms with van der Waals surface area (Å²) in [6, 6.07) is 15.0. The first kappa shape index (κ1) is 28.6. The minimum absolute atomic E-state index is 0.00503. The third-order valence-electron chi connectivity index (χ3n) is 8.45. The Hall–Kier alpha value is -3.54. The topological polar surface area (TPSA) is 115 Å². The van der Waals surface area contributed by atoms with Crippen molar-refractivity contribution in [2.75, 3.05) is 38.1 Å². The van der Waals surface area contributed by atoms with E-state index in [1.54, 1.807) is 0 Å². The van der Waals surface area contributed by atoms with Crippen LogP contribution in [0.4, 0.5) is 10.5 Å². The maximum Gasteiger partial charge on any atom is 0.326 e. The lowest BCUT2D eigenvalue weighted by molar-refractivity contribution is -0.133. The Morgan fingerprint density at radius 3 is 2.74 bits per heavy atom. The fourth-order valence-electron chi connectivity index (χ4n) is 6.45. The SMILES string of the molecule is CNCCC(=O)N1CCC[C@@H](NC(=O)C2=C3NC(=O)N(c4ccc(Oc5ccccc5)cc4C)C4CCNC(S2)C34)C1. The van der Waals surface area contributed by atoms with E-state index in [-0.39, 0.29) is 41.2 Å². The van der Waals surface area contributed by atoms with E-state index in [9.17, 15) is 14.4 Å². The molecule has 3 unspecified atom stereocenters. The summed E-state index contributed by atoms with van der Waals surface area (Å²) in [6.07, 6.45) is 2.90. The zero-order valence-corrected chi connectivity index (χ0v) is 24.8. The number of aryl methyl sites for hydroxylation is 1. The molecule has 4 amide bonds. The number of piperidine rings is 2. The Kier molecular flexibility index (Phi) is 8.41. The number of nitrogens with one attached hydrogen (secondary N) is 4. The Labute approximate surface area is 250 Å². The molecule has 11 heteroatoms. The first-order valence-electron chi connectivity index (χ1n) is 14.7. The molecule has 0 saturated carbocycles. The minimum atomic E-state index is -0.224. The Balaban J connectivity index is 1.18. The Morgan fingerprint density at radius 1 is 1.12 bits per heavy atom. The number of amides is 4. The molecule has 0 spiro atoms. The van der Waals surface area contributed by atoms with Gasteiger partial charge in [-0.05, 0) is 75.7 Å². The zero-order valence-electron chi connectivity index (χ0n) is 24.0. The number of thioether (sulfide) groups is 1. The number of carbonyl (C=O) groups excluding carboxylic acids is 3. The lowest BCUT2D eigenvalue weighted by Gasteiger charge is -2.46. The molecule has 0 aromatic heterocycles. The molecule has 4 N–H and O–H groups in total. The molecular weight excluding hydrogens is 552 g/mol. The molecule has 2 aromatic carbocycles. The summed E-state index contributed by atoms with van der Waals surface area (Å²) in [5, 5.41) is 12.8. The summed E-state index contributed by atoms with van der Waals surface area (Å²) in [4.78, 5) is 44.1. The molecule has 3 fully saturated rings. The molecule has 0 radical (unpaired) electrons. The van der Waals surface area contributed by atoms with E-state index < -0.39 is 0 Å². The maximum absolute atomic E-state index is 13.7. The van der Waals surface area contributed by atoms with Crippen LogP contribution in [0.3, 0.4) is 0 Å². The van der Waals surface area contributed by atoms with Crippen LogP contribution in [0, 0.1) is 12.8 Å². The number of benzene rings is 2. The lowest BCUT2D eigenvalue weighted by atomic mass is 9.86. The minimum Gasteiger partial charge on any atom is -0.457 e. The first-order chi connectivity index (χ1) is 20.4. The molecule has 10 nitrogen and oxygen atoms in total. The van der Waals surface area contributed by atoms with E-state index in [0.29, 0.717) is 35.9 Å². The lowest BCUT2D eigenvalue weighted by Crippen LogP contribution is -2.62. The largest absolute Gasteiger partial charge is 0.457 e. The first-order valence-corrected chi connectivity index (χ1v) is 15.6. The van der Waals surface area contributed by atoms with Crippen molar-refractivity contribution >= 4 is 35.3 Å². The van der Waals surface area contributed by atoms with Crippen LogP contribution in [0.5, 0.6) is 11.5 Å². The molecule has 0 bridgehead atoms. The van der Waals surface area contributed by atoms with Crippen molar-refractivity contribution in [1.82, 2.24) is 26.2 Å². The van der Waals surface area contributed by atoms with Gasteiger partial charge in [-0.3, -0.25) is 14.5 Å². The molecule has 222 valence electrons. The van der Waals surface area contributed by atoms with Crippen molar-refractivity contribution in [3.63, 3.8) is 0 Å². The average molecular weight is 591 g/mol. The molecule has 4 atom stereocenters. The third kappa shape index (κ3) is 5.73. The Morgan fingerprint density at radius 2 is 1.95 bits per heavy atom. The normalized spacial score (nSPS) is 25.1. The molecule has 6 rings (SSSR count). The van der Waals surface area contributed by atoms with Crippen LogP contribution >= 0.6 is 11.8 Å². The van der Waals surface area contributed by atoms with Crippen LogP contribution in [0.2, 0.25) is 0 Å². The van der Waals surface area contributed by atoms with Gasteiger partial charge in [0.1, 0.15) is 11.5 Å². The van der Waals surface area contributed by atoms with E-state index in [0.717, 1.165) is 49.4 Å². The van der Waals surface area contributed by atoms with Crippen LogP contribution in [0.15, 0.2) is 59.1 Å². The number of anilines is 1. The van der Waals surface area contributed by atoms with Crippen molar-refractivity contribution < 1.29 is 19.1 Å². The van der Waals surface area contributed by atoms with E-state index in [1.165, 1.54) is 11.8 Å². The molecule has 4 heterocycles. The van der Waals surface area contributed by atoms with Crippen molar-refractivity contribution in [3.05, 3.63) is 64.7 Å². The standard InChI is InChI=1S/C31H38N6O4S/c1-19-17-22(41-21-8-4-3-5-9-21)10-11-23(19)37-24-12-15-33-30-26(24)27(35-31(37)40)28(42-30)29(39)34-20-7-6-16-36(18-20)25(38)13-14-32-2/h3-5,8-11,17,20,24,26,30,32-33H,6-7,12-16,18H2,1-2H3,(H,34,39)(H,35,40)/t20-,24?,26?,30?/m1/s1. The zero-order chi connectivity index (χ0) is 29.2. The van der Waals surface area contributed by atoms with Crippen molar-refractivity contribution in [2.45, 2.75) is 50.1 Å². The fraction of sp³-hybridized carbons (Fsp3) is 0.452. The number of nitrogens with zero attached hydrogens (tertiary/aromatic N) is 2. The van der Waals surface area contributed by atoms with Gasteiger partial charge in [0.25, 0.3) is 5.91 Å². The molecular formula is C31H38N6O4S. The van der Waals surface area contributed by atoms with Gasteiger partial charge in [0.2, 0.25) is 5.91 Å². The quantitative estimate of drug-likeness (QED) is 0.373. The van der Waals surface area contributed by atoms with E-state index >= 15 is 0 Å². The number of para-hydroxylation sites is 1. The highest BCUT2D eigenvalue weighted by Gasteiger charge is 2.52. The number of hydrogen-bond acceptors (Lipinski definition) is 7. The third-order valence-corrected chi connectivity index (χ3v) is 9.81. The second-order valence-corrected chi connectivity index (χ2v) is 12.4. The number of urea groups is 1. The second kappa shape index (κ2) is 12.4. The van der Waals surface area contributed by atoms with Gasteiger partial charge < -0.3 is 30.9 Å². The molecule has 2 aromatic rings. The van der Waals surface area contributed by atoms with Crippen molar-refractivity contribution in [3.8, 4) is 11.5 Å². The number of hydrogen-bond donors (Lipinski definition) is 4. The molecule has 0 aliphatic carbocycles. The highest BCUT2D eigenvalue weighted by molar-refractivity contribution is 8.04. The van der Waals surface area contributed by atoms with Crippen LogP contribution < -0.4 is 30.9 Å². The highest BCUT2D eigenvalue weighted by Crippen LogP contribution is 2.48. The Bertz CT molecular complexity index is 1380. The summed E-state index contributed by atoms with van der Waals surface area (Å²) in [7, 11) is 1.83. The number of likely N-dealkylation sites (tertiary alicyclic amines) is 1. The van der Waals surface area contributed by atoms with Crippen molar-refractivity contribution in [1.29, 1.82) is 0 Å². The average Bonchev–Trinajstić information content (AvgIpc) is 3.37. The van der Waals surface area contributed by atoms with Gasteiger partial charge in [-0.2, -0.15) is 0 Å². The van der Waals surface area contributed by atoms with Crippen LogP contribution in [0.1, 0.15) is 31.2 Å².